The fourth-order valence-corrected chi connectivity index (χ4v) is 3.60. The summed E-state index contributed by atoms with van der Waals surface area (Å²) in [5, 5.41) is 4.93. The van der Waals surface area contributed by atoms with Crippen LogP contribution in [-0.2, 0) is 16.0 Å². The lowest BCUT2D eigenvalue weighted by molar-refractivity contribution is -0.131. The Labute approximate surface area is 136 Å². The molecule has 0 saturated carbocycles. The van der Waals surface area contributed by atoms with Gasteiger partial charge in [0.15, 0.2) is 0 Å². The van der Waals surface area contributed by atoms with E-state index in [1.807, 2.05) is 23.3 Å². The standard InChI is InChI=1S/C17H26N2O2S/c1-14(13-15-7-6-12-22-15)17(21)18-9-8-16(20)19-10-4-2-3-5-11-19/h6-7,12,14H,2-5,8-11,13H2,1H3,(H,18,21). The van der Waals surface area contributed by atoms with Crippen LogP contribution in [0.15, 0.2) is 17.5 Å². The van der Waals surface area contributed by atoms with Crippen LogP contribution < -0.4 is 5.32 Å². The van der Waals surface area contributed by atoms with Gasteiger partial charge in [0.1, 0.15) is 0 Å². The summed E-state index contributed by atoms with van der Waals surface area (Å²) in [4.78, 5) is 27.4. The van der Waals surface area contributed by atoms with Gasteiger partial charge in [-0.3, -0.25) is 9.59 Å². The average molecular weight is 322 g/mol. The van der Waals surface area contributed by atoms with Crippen LogP contribution in [0.3, 0.4) is 0 Å². The Morgan fingerprint density at radius 3 is 2.64 bits per heavy atom. The summed E-state index contributed by atoms with van der Waals surface area (Å²) in [6.07, 6.45) is 5.84. The highest BCUT2D eigenvalue weighted by Gasteiger charge is 2.17. The highest BCUT2D eigenvalue weighted by molar-refractivity contribution is 7.09. The molecule has 1 unspecified atom stereocenters. The molecule has 1 N–H and O–H groups in total. The van der Waals surface area contributed by atoms with Crippen LogP contribution in [0.1, 0.15) is 43.9 Å². The van der Waals surface area contributed by atoms with E-state index in [1.165, 1.54) is 17.7 Å². The van der Waals surface area contributed by atoms with Gasteiger partial charge in [-0.1, -0.05) is 25.8 Å². The van der Waals surface area contributed by atoms with Gasteiger partial charge in [-0.15, -0.1) is 11.3 Å². The lowest BCUT2D eigenvalue weighted by atomic mass is 10.1. The van der Waals surface area contributed by atoms with Crippen molar-refractivity contribution >= 4 is 23.2 Å². The molecule has 5 heteroatoms. The molecule has 1 aliphatic rings. The summed E-state index contributed by atoms with van der Waals surface area (Å²) in [6, 6.07) is 4.06. The summed E-state index contributed by atoms with van der Waals surface area (Å²) in [5.41, 5.74) is 0. The van der Waals surface area contributed by atoms with E-state index in [2.05, 4.69) is 11.4 Å². The fraction of sp³-hybridized carbons (Fsp3) is 0.647. The number of rotatable bonds is 6. The maximum Gasteiger partial charge on any atom is 0.224 e. The second kappa shape index (κ2) is 8.93. The van der Waals surface area contributed by atoms with Crippen molar-refractivity contribution in [2.24, 2.45) is 5.92 Å². The zero-order valence-electron chi connectivity index (χ0n) is 13.3. The number of likely N-dealkylation sites (tertiary alicyclic amines) is 1. The predicted octanol–water partition coefficient (Wildman–Crippen LogP) is 2.84. The first-order chi connectivity index (χ1) is 10.7. The van der Waals surface area contributed by atoms with E-state index < -0.39 is 0 Å². The van der Waals surface area contributed by atoms with E-state index in [1.54, 1.807) is 11.3 Å². The summed E-state index contributed by atoms with van der Waals surface area (Å²) in [7, 11) is 0. The van der Waals surface area contributed by atoms with Crippen LogP contribution in [0.25, 0.3) is 0 Å². The van der Waals surface area contributed by atoms with Crippen molar-refractivity contribution in [1.29, 1.82) is 0 Å². The molecule has 1 aromatic rings. The van der Waals surface area contributed by atoms with Gasteiger partial charge in [0, 0.05) is 36.9 Å². The summed E-state index contributed by atoms with van der Waals surface area (Å²) >= 11 is 1.68. The first kappa shape index (κ1) is 17.0. The lowest BCUT2D eigenvalue weighted by Gasteiger charge is -2.20. The normalized spacial score (nSPS) is 16.9. The first-order valence-corrected chi connectivity index (χ1v) is 9.12. The van der Waals surface area contributed by atoms with E-state index in [4.69, 9.17) is 0 Å². The molecule has 0 aliphatic carbocycles. The number of amides is 2. The van der Waals surface area contributed by atoms with Gasteiger partial charge >= 0.3 is 0 Å². The molecular weight excluding hydrogens is 296 g/mol. The van der Waals surface area contributed by atoms with E-state index in [9.17, 15) is 9.59 Å². The smallest absolute Gasteiger partial charge is 0.224 e. The third-order valence-corrected chi connectivity index (χ3v) is 5.03. The highest BCUT2D eigenvalue weighted by atomic mass is 32.1. The molecule has 1 atom stereocenters. The van der Waals surface area contributed by atoms with Gasteiger partial charge in [0.25, 0.3) is 0 Å². The summed E-state index contributed by atoms with van der Waals surface area (Å²) in [6.45, 7) is 4.14. The Kier molecular flexibility index (Phi) is 6.90. The molecule has 1 aliphatic heterocycles. The molecule has 0 radical (unpaired) electrons. The van der Waals surface area contributed by atoms with Gasteiger partial charge < -0.3 is 10.2 Å². The van der Waals surface area contributed by atoms with E-state index in [0.29, 0.717) is 13.0 Å². The van der Waals surface area contributed by atoms with Crippen molar-refractivity contribution in [2.75, 3.05) is 19.6 Å². The number of nitrogens with zero attached hydrogens (tertiary/aromatic N) is 1. The van der Waals surface area contributed by atoms with Gasteiger partial charge in [0.05, 0.1) is 0 Å². The van der Waals surface area contributed by atoms with Crippen LogP contribution >= 0.6 is 11.3 Å². The molecule has 0 bridgehead atoms. The van der Waals surface area contributed by atoms with Crippen molar-refractivity contribution in [2.45, 2.75) is 45.4 Å². The van der Waals surface area contributed by atoms with Crippen LogP contribution in [0.5, 0.6) is 0 Å². The molecule has 4 nitrogen and oxygen atoms in total. The van der Waals surface area contributed by atoms with Crippen molar-refractivity contribution in [1.82, 2.24) is 10.2 Å². The molecule has 1 saturated heterocycles. The Morgan fingerprint density at radius 2 is 2.00 bits per heavy atom. The Hall–Kier alpha value is -1.36. The maximum absolute atomic E-state index is 12.1. The predicted molar refractivity (Wildman–Crippen MR) is 89.9 cm³/mol. The Morgan fingerprint density at radius 1 is 1.27 bits per heavy atom. The van der Waals surface area contributed by atoms with Crippen molar-refractivity contribution in [3.63, 3.8) is 0 Å². The number of thiophene rings is 1. The molecule has 2 heterocycles. The van der Waals surface area contributed by atoms with E-state index in [0.717, 1.165) is 32.4 Å². The average Bonchev–Trinajstić information content (AvgIpc) is 2.86. The number of carbonyl (C=O) groups is 2. The first-order valence-electron chi connectivity index (χ1n) is 8.24. The van der Waals surface area contributed by atoms with Crippen LogP contribution in [0.4, 0.5) is 0 Å². The van der Waals surface area contributed by atoms with Crippen molar-refractivity contribution < 1.29 is 9.59 Å². The van der Waals surface area contributed by atoms with Gasteiger partial charge in [-0.2, -0.15) is 0 Å². The molecule has 0 aromatic carbocycles. The number of hydrogen-bond acceptors (Lipinski definition) is 3. The monoisotopic (exact) mass is 322 g/mol. The zero-order chi connectivity index (χ0) is 15.8. The largest absolute Gasteiger partial charge is 0.355 e. The molecule has 2 rings (SSSR count). The quantitative estimate of drug-likeness (QED) is 0.875. The minimum absolute atomic E-state index is 0.0390. The van der Waals surface area contributed by atoms with Gasteiger partial charge in [0.2, 0.25) is 11.8 Å². The van der Waals surface area contributed by atoms with Crippen LogP contribution in [0.2, 0.25) is 0 Å². The third kappa shape index (κ3) is 5.44. The minimum Gasteiger partial charge on any atom is -0.355 e. The Balaban J connectivity index is 1.66. The van der Waals surface area contributed by atoms with Gasteiger partial charge in [-0.25, -0.2) is 0 Å². The molecule has 1 fully saturated rings. The number of carbonyl (C=O) groups excluding carboxylic acids is 2. The van der Waals surface area contributed by atoms with E-state index in [-0.39, 0.29) is 17.7 Å². The molecule has 122 valence electrons. The Bertz CT molecular complexity index is 465. The maximum atomic E-state index is 12.1. The van der Waals surface area contributed by atoms with Gasteiger partial charge in [-0.05, 0) is 30.7 Å². The second-order valence-electron chi connectivity index (χ2n) is 6.02. The van der Waals surface area contributed by atoms with Crippen molar-refractivity contribution in [3.05, 3.63) is 22.4 Å². The lowest BCUT2D eigenvalue weighted by Crippen LogP contribution is -2.36. The van der Waals surface area contributed by atoms with E-state index >= 15 is 0 Å². The topological polar surface area (TPSA) is 49.4 Å². The van der Waals surface area contributed by atoms with Crippen LogP contribution in [0, 0.1) is 5.92 Å². The molecular formula is C17H26N2O2S. The summed E-state index contributed by atoms with van der Waals surface area (Å²) in [5.74, 6) is 0.164. The second-order valence-corrected chi connectivity index (χ2v) is 7.05. The van der Waals surface area contributed by atoms with Crippen molar-refractivity contribution in [3.8, 4) is 0 Å². The highest BCUT2D eigenvalue weighted by Crippen LogP contribution is 2.14. The minimum atomic E-state index is -0.0491. The zero-order valence-corrected chi connectivity index (χ0v) is 14.2. The molecule has 2 amide bonds. The molecule has 22 heavy (non-hydrogen) atoms. The number of nitrogens with one attached hydrogen (secondary N) is 1. The number of hydrogen-bond donors (Lipinski definition) is 1. The SMILES string of the molecule is CC(Cc1cccs1)C(=O)NCCC(=O)N1CCCCCC1. The van der Waals surface area contributed by atoms with Crippen LogP contribution in [-0.4, -0.2) is 36.3 Å². The fourth-order valence-electron chi connectivity index (χ4n) is 2.77. The molecule has 0 spiro atoms. The third-order valence-electron chi connectivity index (χ3n) is 4.13. The molecule has 1 aromatic heterocycles. The summed E-state index contributed by atoms with van der Waals surface area (Å²) < 4.78 is 0.